The smallest absolute Gasteiger partial charge is 0.325 e. The van der Waals surface area contributed by atoms with E-state index < -0.39 is 23.9 Å². The van der Waals surface area contributed by atoms with E-state index >= 15 is 0 Å². The SMILES string of the molecule is CCOC(=O)CNC(=O)NCC(C)C(=O)O. The lowest BCUT2D eigenvalue weighted by atomic mass is 10.2. The quantitative estimate of drug-likeness (QED) is 0.539. The fraction of sp³-hybridized carbons (Fsp3) is 0.667. The Morgan fingerprint density at radius 2 is 1.94 bits per heavy atom. The van der Waals surface area contributed by atoms with Gasteiger partial charge in [-0.1, -0.05) is 6.92 Å². The summed E-state index contributed by atoms with van der Waals surface area (Å²) >= 11 is 0. The number of hydrogen-bond donors (Lipinski definition) is 3. The first-order valence-corrected chi connectivity index (χ1v) is 4.87. The molecule has 7 nitrogen and oxygen atoms in total. The maximum atomic E-state index is 11.1. The molecule has 1 unspecified atom stereocenters. The van der Waals surface area contributed by atoms with Gasteiger partial charge in [-0.2, -0.15) is 0 Å². The van der Waals surface area contributed by atoms with Gasteiger partial charge in [0.2, 0.25) is 0 Å². The summed E-state index contributed by atoms with van der Waals surface area (Å²) in [6, 6.07) is -0.596. The Balaban J connectivity index is 3.67. The molecule has 0 aromatic heterocycles. The largest absolute Gasteiger partial charge is 0.481 e. The molecule has 0 heterocycles. The summed E-state index contributed by atoms with van der Waals surface area (Å²) in [5.74, 6) is -2.21. The molecular formula is C9H16N2O5. The molecule has 0 aliphatic carbocycles. The van der Waals surface area contributed by atoms with Gasteiger partial charge in [0.15, 0.2) is 0 Å². The maximum absolute atomic E-state index is 11.1. The van der Waals surface area contributed by atoms with Crippen molar-refractivity contribution in [2.75, 3.05) is 19.7 Å². The number of carboxylic acids is 1. The van der Waals surface area contributed by atoms with Crippen LogP contribution in [0, 0.1) is 5.92 Å². The average molecular weight is 232 g/mol. The summed E-state index contributed by atoms with van der Waals surface area (Å²) in [7, 11) is 0. The van der Waals surface area contributed by atoms with Crippen LogP contribution in [0.15, 0.2) is 0 Å². The van der Waals surface area contributed by atoms with Gasteiger partial charge in [-0.3, -0.25) is 9.59 Å². The number of urea groups is 1. The minimum atomic E-state index is -0.995. The maximum Gasteiger partial charge on any atom is 0.325 e. The fourth-order valence-corrected chi connectivity index (χ4v) is 0.760. The topological polar surface area (TPSA) is 105 Å². The van der Waals surface area contributed by atoms with Gasteiger partial charge in [0.1, 0.15) is 6.54 Å². The third kappa shape index (κ3) is 6.63. The van der Waals surface area contributed by atoms with Crippen molar-refractivity contribution in [2.45, 2.75) is 13.8 Å². The predicted molar refractivity (Wildman–Crippen MR) is 54.8 cm³/mol. The molecule has 0 spiro atoms. The molecule has 0 saturated heterocycles. The number of ether oxygens (including phenoxy) is 1. The third-order valence-corrected chi connectivity index (χ3v) is 1.69. The van der Waals surface area contributed by atoms with E-state index in [1.807, 2.05) is 0 Å². The van der Waals surface area contributed by atoms with Gasteiger partial charge in [-0.25, -0.2) is 4.79 Å². The highest BCUT2D eigenvalue weighted by molar-refractivity contribution is 5.81. The molecule has 16 heavy (non-hydrogen) atoms. The molecule has 0 saturated carbocycles. The van der Waals surface area contributed by atoms with Crippen LogP contribution in [0.25, 0.3) is 0 Å². The minimum Gasteiger partial charge on any atom is -0.481 e. The Morgan fingerprint density at radius 3 is 2.44 bits per heavy atom. The van der Waals surface area contributed by atoms with Crippen LogP contribution < -0.4 is 10.6 Å². The minimum absolute atomic E-state index is 0.00396. The predicted octanol–water partition coefficient (Wildman–Crippen LogP) is -0.431. The van der Waals surface area contributed by atoms with Crippen LogP contribution in [0.5, 0.6) is 0 Å². The van der Waals surface area contributed by atoms with Gasteiger partial charge >= 0.3 is 18.0 Å². The van der Waals surface area contributed by atoms with Crippen molar-refractivity contribution in [2.24, 2.45) is 5.92 Å². The van der Waals surface area contributed by atoms with E-state index in [2.05, 4.69) is 15.4 Å². The third-order valence-electron chi connectivity index (χ3n) is 1.69. The van der Waals surface area contributed by atoms with Gasteiger partial charge in [0, 0.05) is 6.54 Å². The van der Waals surface area contributed by atoms with E-state index in [-0.39, 0.29) is 19.7 Å². The summed E-state index contributed by atoms with van der Waals surface area (Å²) in [4.78, 5) is 32.3. The molecule has 0 radical (unpaired) electrons. The lowest BCUT2D eigenvalue weighted by molar-refractivity contribution is -0.142. The first kappa shape index (κ1) is 14.2. The summed E-state index contributed by atoms with van der Waals surface area (Å²) in [6.45, 7) is 3.14. The number of amides is 2. The summed E-state index contributed by atoms with van der Waals surface area (Å²) in [5, 5.41) is 13.1. The molecule has 0 aromatic rings. The first-order chi connectivity index (χ1) is 7.47. The molecule has 0 bridgehead atoms. The van der Waals surface area contributed by atoms with Gasteiger partial charge in [0.25, 0.3) is 0 Å². The van der Waals surface area contributed by atoms with E-state index in [9.17, 15) is 14.4 Å². The lowest BCUT2D eigenvalue weighted by Gasteiger charge is -2.09. The highest BCUT2D eigenvalue weighted by Gasteiger charge is 2.12. The molecule has 2 amide bonds. The highest BCUT2D eigenvalue weighted by Crippen LogP contribution is 1.90. The van der Waals surface area contributed by atoms with Crippen LogP contribution in [-0.2, 0) is 14.3 Å². The van der Waals surface area contributed by atoms with E-state index in [0.717, 1.165) is 0 Å². The zero-order valence-corrected chi connectivity index (χ0v) is 9.28. The zero-order valence-electron chi connectivity index (χ0n) is 9.28. The molecule has 0 aromatic carbocycles. The van der Waals surface area contributed by atoms with Gasteiger partial charge in [-0.15, -0.1) is 0 Å². The monoisotopic (exact) mass is 232 g/mol. The van der Waals surface area contributed by atoms with Crippen molar-refractivity contribution in [1.29, 1.82) is 0 Å². The molecule has 92 valence electrons. The van der Waals surface area contributed by atoms with Crippen molar-refractivity contribution in [3.8, 4) is 0 Å². The molecule has 0 aliphatic rings. The second-order valence-corrected chi connectivity index (χ2v) is 3.11. The summed E-state index contributed by atoms with van der Waals surface area (Å²) < 4.78 is 4.58. The van der Waals surface area contributed by atoms with Crippen molar-refractivity contribution < 1.29 is 24.2 Å². The molecule has 7 heteroatoms. The second-order valence-electron chi connectivity index (χ2n) is 3.11. The fourth-order valence-electron chi connectivity index (χ4n) is 0.760. The summed E-state index contributed by atoms with van der Waals surface area (Å²) in [5.41, 5.74) is 0. The number of carbonyl (C=O) groups excluding carboxylic acids is 2. The Kier molecular flexibility index (Phi) is 6.66. The van der Waals surface area contributed by atoms with Gasteiger partial charge in [0.05, 0.1) is 12.5 Å². The van der Waals surface area contributed by atoms with Crippen molar-refractivity contribution in [1.82, 2.24) is 10.6 Å². The van der Waals surface area contributed by atoms with E-state index in [1.54, 1.807) is 6.92 Å². The number of nitrogens with one attached hydrogen (secondary N) is 2. The van der Waals surface area contributed by atoms with Crippen LogP contribution in [0.3, 0.4) is 0 Å². The molecule has 1 atom stereocenters. The normalized spacial score (nSPS) is 11.4. The average Bonchev–Trinajstić information content (AvgIpc) is 2.23. The Hall–Kier alpha value is -1.79. The van der Waals surface area contributed by atoms with Crippen molar-refractivity contribution >= 4 is 18.0 Å². The standard InChI is InChI=1S/C9H16N2O5/c1-3-16-7(12)5-11-9(15)10-4-6(2)8(13)14/h6H,3-5H2,1-2H3,(H,13,14)(H2,10,11,15). The van der Waals surface area contributed by atoms with E-state index in [0.29, 0.717) is 0 Å². The van der Waals surface area contributed by atoms with Gasteiger partial charge < -0.3 is 20.5 Å². The van der Waals surface area contributed by atoms with Crippen LogP contribution in [0.4, 0.5) is 4.79 Å². The molecule has 0 aliphatic heterocycles. The second kappa shape index (κ2) is 7.49. The highest BCUT2D eigenvalue weighted by atomic mass is 16.5. The van der Waals surface area contributed by atoms with Gasteiger partial charge in [-0.05, 0) is 6.92 Å². The number of hydrogen-bond acceptors (Lipinski definition) is 4. The molecule has 0 fully saturated rings. The number of carbonyl (C=O) groups is 3. The molecular weight excluding hydrogens is 216 g/mol. The number of rotatable bonds is 6. The first-order valence-electron chi connectivity index (χ1n) is 4.87. The van der Waals surface area contributed by atoms with Crippen molar-refractivity contribution in [3.63, 3.8) is 0 Å². The van der Waals surface area contributed by atoms with Crippen molar-refractivity contribution in [3.05, 3.63) is 0 Å². The summed E-state index contributed by atoms with van der Waals surface area (Å²) in [6.07, 6.45) is 0. The zero-order chi connectivity index (χ0) is 12.6. The Bertz CT molecular complexity index is 267. The Labute approximate surface area is 93.2 Å². The van der Waals surface area contributed by atoms with Crippen LogP contribution in [-0.4, -0.2) is 42.8 Å². The van der Waals surface area contributed by atoms with E-state index in [1.165, 1.54) is 6.92 Å². The number of carboxylic acid groups (broad SMARTS) is 1. The molecule has 0 rings (SSSR count). The number of aliphatic carboxylic acids is 1. The van der Waals surface area contributed by atoms with Crippen LogP contribution >= 0.6 is 0 Å². The van der Waals surface area contributed by atoms with Crippen LogP contribution in [0.2, 0.25) is 0 Å². The lowest BCUT2D eigenvalue weighted by Crippen LogP contribution is -2.41. The Morgan fingerprint density at radius 1 is 1.31 bits per heavy atom. The number of esters is 1. The molecule has 3 N–H and O–H groups in total. The van der Waals surface area contributed by atoms with Crippen LogP contribution in [0.1, 0.15) is 13.8 Å². The van der Waals surface area contributed by atoms with E-state index in [4.69, 9.17) is 5.11 Å².